The highest BCUT2D eigenvalue weighted by atomic mass is 32.2. The van der Waals surface area contributed by atoms with Gasteiger partial charge >= 0.3 is 0 Å². The van der Waals surface area contributed by atoms with Crippen LogP contribution in [0.15, 0.2) is 35.4 Å². The third kappa shape index (κ3) is 1.82. The fraction of sp³-hybridized carbons (Fsp3) is 0.111. The molecule has 1 aromatic carbocycles. The average Bonchev–Trinajstić information content (AvgIpc) is 2.61. The van der Waals surface area contributed by atoms with Crippen LogP contribution in [0.4, 0.5) is 0 Å². The molecule has 0 spiro atoms. The van der Waals surface area contributed by atoms with Crippen molar-refractivity contribution in [3.05, 3.63) is 30.3 Å². The Hall–Kier alpha value is -1.73. The van der Waals surface area contributed by atoms with E-state index in [2.05, 4.69) is 10.3 Å². The van der Waals surface area contributed by atoms with Crippen LogP contribution in [0.25, 0.3) is 11.3 Å². The van der Waals surface area contributed by atoms with Gasteiger partial charge in [-0.15, -0.1) is 5.10 Å². The molecule has 0 aliphatic heterocycles. The van der Waals surface area contributed by atoms with E-state index in [0.29, 0.717) is 5.56 Å². The van der Waals surface area contributed by atoms with E-state index >= 15 is 0 Å². The molecule has 0 unspecified atom stereocenters. The Balaban J connectivity index is 2.69. The van der Waals surface area contributed by atoms with E-state index in [4.69, 9.17) is 5.14 Å². The molecule has 0 saturated heterocycles. The van der Waals surface area contributed by atoms with E-state index in [-0.39, 0.29) is 10.7 Å². The lowest BCUT2D eigenvalue weighted by Gasteiger charge is -2.01. The van der Waals surface area contributed by atoms with Gasteiger partial charge in [0, 0.05) is 12.6 Å². The van der Waals surface area contributed by atoms with Crippen molar-refractivity contribution in [1.29, 1.82) is 0 Å². The van der Waals surface area contributed by atoms with E-state index in [1.165, 1.54) is 7.05 Å². The van der Waals surface area contributed by atoms with Crippen molar-refractivity contribution in [2.75, 3.05) is 0 Å². The molecule has 2 aromatic rings. The summed E-state index contributed by atoms with van der Waals surface area (Å²) in [7, 11) is -2.35. The Morgan fingerprint density at radius 2 is 1.88 bits per heavy atom. The van der Waals surface area contributed by atoms with Crippen molar-refractivity contribution in [3.63, 3.8) is 0 Å². The molecule has 0 radical (unpaired) electrons. The van der Waals surface area contributed by atoms with Gasteiger partial charge in [0.1, 0.15) is 5.69 Å². The fourth-order valence-electron chi connectivity index (χ4n) is 1.44. The number of hydrogen-bond acceptors (Lipinski definition) is 4. The van der Waals surface area contributed by atoms with E-state index in [0.717, 1.165) is 4.68 Å². The number of aryl methyl sites for hydroxylation is 1. The highest BCUT2D eigenvalue weighted by molar-refractivity contribution is 7.89. The van der Waals surface area contributed by atoms with Gasteiger partial charge in [-0.1, -0.05) is 35.5 Å². The van der Waals surface area contributed by atoms with Crippen molar-refractivity contribution >= 4 is 10.0 Å². The maximum Gasteiger partial charge on any atom is 0.257 e. The summed E-state index contributed by atoms with van der Waals surface area (Å²) in [6, 6.07) is 8.90. The van der Waals surface area contributed by atoms with E-state index in [9.17, 15) is 8.42 Å². The number of nitrogens with two attached hydrogens (primary N) is 1. The lowest BCUT2D eigenvalue weighted by molar-refractivity contribution is 0.576. The van der Waals surface area contributed by atoms with Gasteiger partial charge in [0.05, 0.1) is 0 Å². The van der Waals surface area contributed by atoms with Crippen LogP contribution >= 0.6 is 0 Å². The van der Waals surface area contributed by atoms with Crippen LogP contribution in [0.2, 0.25) is 0 Å². The molecule has 0 aliphatic carbocycles. The molecular formula is C9H10N4O2S. The highest BCUT2D eigenvalue weighted by Gasteiger charge is 2.21. The Morgan fingerprint density at radius 1 is 1.25 bits per heavy atom. The third-order valence-corrected chi connectivity index (χ3v) is 3.09. The van der Waals surface area contributed by atoms with E-state index < -0.39 is 10.0 Å². The largest absolute Gasteiger partial charge is 0.257 e. The van der Waals surface area contributed by atoms with E-state index in [1.807, 2.05) is 6.07 Å². The normalized spacial score (nSPS) is 11.6. The van der Waals surface area contributed by atoms with Crippen LogP contribution in [0, 0.1) is 0 Å². The number of hydrogen-bond donors (Lipinski definition) is 1. The third-order valence-electron chi connectivity index (χ3n) is 2.09. The van der Waals surface area contributed by atoms with Crippen LogP contribution in [-0.2, 0) is 17.1 Å². The van der Waals surface area contributed by atoms with Gasteiger partial charge in [-0.3, -0.25) is 0 Å². The molecule has 6 nitrogen and oxygen atoms in total. The maximum absolute atomic E-state index is 11.4. The number of sulfonamides is 1. The Labute approximate surface area is 92.7 Å². The topological polar surface area (TPSA) is 90.9 Å². The molecule has 0 fully saturated rings. The van der Waals surface area contributed by atoms with Gasteiger partial charge in [-0.2, -0.15) is 0 Å². The smallest absolute Gasteiger partial charge is 0.235 e. The van der Waals surface area contributed by atoms with Crippen molar-refractivity contribution in [1.82, 2.24) is 15.0 Å². The summed E-state index contributed by atoms with van der Waals surface area (Å²) < 4.78 is 23.9. The van der Waals surface area contributed by atoms with Crippen molar-refractivity contribution in [2.24, 2.45) is 12.2 Å². The summed E-state index contributed by atoms with van der Waals surface area (Å²) in [4.78, 5) is 0. The van der Waals surface area contributed by atoms with E-state index in [1.54, 1.807) is 24.3 Å². The molecule has 1 heterocycles. The number of aromatic nitrogens is 3. The molecule has 2 rings (SSSR count). The first-order valence-electron chi connectivity index (χ1n) is 4.48. The predicted octanol–water partition coefficient (Wildman–Crippen LogP) is 0.130. The standard InChI is InChI=1S/C9H10N4O2S/c1-13-9(16(10,14)15)8(11-12-13)7-5-3-2-4-6-7/h2-6H,1H3,(H2,10,14,15). The number of rotatable bonds is 2. The minimum absolute atomic E-state index is 0.0845. The first-order valence-corrected chi connectivity index (χ1v) is 6.02. The Bertz CT molecular complexity index is 604. The minimum atomic E-state index is -3.83. The molecule has 0 amide bonds. The van der Waals surface area contributed by atoms with Crippen LogP contribution < -0.4 is 5.14 Å². The van der Waals surface area contributed by atoms with Crippen molar-refractivity contribution in [2.45, 2.75) is 5.03 Å². The van der Waals surface area contributed by atoms with Crippen molar-refractivity contribution < 1.29 is 8.42 Å². The molecule has 2 N–H and O–H groups in total. The second-order valence-corrected chi connectivity index (χ2v) is 4.75. The second-order valence-electron chi connectivity index (χ2n) is 3.28. The lowest BCUT2D eigenvalue weighted by atomic mass is 10.2. The zero-order valence-corrected chi connectivity index (χ0v) is 9.35. The SMILES string of the molecule is Cn1nnc(-c2ccccc2)c1S(N)(=O)=O. The molecule has 0 atom stereocenters. The zero-order valence-electron chi connectivity index (χ0n) is 8.53. The summed E-state index contributed by atoms with van der Waals surface area (Å²) in [5.74, 6) is 0. The lowest BCUT2D eigenvalue weighted by Crippen LogP contribution is -2.17. The van der Waals surface area contributed by atoms with Gasteiger partial charge in [-0.25, -0.2) is 18.2 Å². The first-order chi connectivity index (χ1) is 7.50. The quantitative estimate of drug-likeness (QED) is 0.805. The molecule has 0 bridgehead atoms. The fourth-order valence-corrected chi connectivity index (χ4v) is 2.28. The molecule has 0 aliphatic rings. The number of primary sulfonamides is 1. The summed E-state index contributed by atoms with van der Waals surface area (Å²) >= 11 is 0. The minimum Gasteiger partial charge on any atom is -0.235 e. The average molecular weight is 238 g/mol. The monoisotopic (exact) mass is 238 g/mol. The Morgan fingerprint density at radius 3 is 2.44 bits per heavy atom. The zero-order chi connectivity index (χ0) is 11.8. The van der Waals surface area contributed by atoms with Gasteiger partial charge in [-0.05, 0) is 0 Å². The highest BCUT2D eigenvalue weighted by Crippen LogP contribution is 2.22. The molecule has 7 heteroatoms. The summed E-state index contributed by atoms with van der Waals surface area (Å²) in [6.45, 7) is 0. The van der Waals surface area contributed by atoms with Crippen LogP contribution in [0.1, 0.15) is 0 Å². The summed E-state index contributed by atoms with van der Waals surface area (Å²) in [6.07, 6.45) is 0. The maximum atomic E-state index is 11.4. The summed E-state index contributed by atoms with van der Waals surface area (Å²) in [5.41, 5.74) is 0.935. The second kappa shape index (κ2) is 3.69. The van der Waals surface area contributed by atoms with Gasteiger partial charge in [0.15, 0.2) is 5.03 Å². The van der Waals surface area contributed by atoms with Gasteiger partial charge in [0.2, 0.25) is 0 Å². The molecule has 0 saturated carbocycles. The first kappa shape index (κ1) is 10.8. The molecule has 16 heavy (non-hydrogen) atoms. The number of nitrogens with zero attached hydrogens (tertiary/aromatic N) is 3. The van der Waals surface area contributed by atoms with Crippen LogP contribution in [0.3, 0.4) is 0 Å². The Kier molecular flexibility index (Phi) is 2.49. The van der Waals surface area contributed by atoms with Crippen molar-refractivity contribution in [3.8, 4) is 11.3 Å². The predicted molar refractivity (Wildman–Crippen MR) is 57.8 cm³/mol. The van der Waals surface area contributed by atoms with Gasteiger partial charge in [0.25, 0.3) is 10.0 Å². The van der Waals surface area contributed by atoms with Gasteiger partial charge < -0.3 is 0 Å². The van der Waals surface area contributed by atoms with Crippen LogP contribution in [-0.4, -0.2) is 23.4 Å². The summed E-state index contributed by atoms with van der Waals surface area (Å²) in [5, 5.41) is 12.5. The number of benzene rings is 1. The molecule has 1 aromatic heterocycles. The van der Waals surface area contributed by atoms with Crippen LogP contribution in [0.5, 0.6) is 0 Å². The molecule has 84 valence electrons. The molecular weight excluding hydrogens is 228 g/mol.